The van der Waals surface area contributed by atoms with Gasteiger partial charge in [0.15, 0.2) is 0 Å². The third kappa shape index (κ3) is 1.61. The van der Waals surface area contributed by atoms with Crippen LogP contribution in [0.3, 0.4) is 0 Å². The molecule has 0 aromatic carbocycles. The molecule has 3 rings (SSSR count). The summed E-state index contributed by atoms with van der Waals surface area (Å²) >= 11 is 0. The molecule has 2 aliphatic rings. The number of hydrogen-bond acceptors (Lipinski definition) is 3. The number of H-pyrrole nitrogens is 1. The maximum Gasteiger partial charge on any atom is 0.328 e. The third-order valence-corrected chi connectivity index (χ3v) is 3.18. The summed E-state index contributed by atoms with van der Waals surface area (Å²) in [6.07, 6.45) is 3.63. The Morgan fingerprint density at radius 3 is 2.69 bits per heavy atom. The van der Waals surface area contributed by atoms with Crippen LogP contribution < -0.4 is 11.2 Å². The molecule has 2 fully saturated rings. The van der Waals surface area contributed by atoms with Gasteiger partial charge in [-0.15, -0.1) is 0 Å². The van der Waals surface area contributed by atoms with Crippen molar-refractivity contribution in [3.05, 3.63) is 32.6 Å². The van der Waals surface area contributed by atoms with Gasteiger partial charge in [0.05, 0.1) is 11.8 Å². The molecule has 1 aliphatic heterocycles. The Bertz CT molecular complexity index is 475. The third-order valence-electron chi connectivity index (χ3n) is 3.18. The lowest BCUT2D eigenvalue weighted by atomic mass is 10.2. The molecule has 0 radical (unpaired) electrons. The largest absolute Gasteiger partial charge is 0.372 e. The Morgan fingerprint density at radius 1 is 1.31 bits per heavy atom. The molecule has 1 aromatic heterocycles. The summed E-state index contributed by atoms with van der Waals surface area (Å²) in [6, 6.07) is 1.63. The average molecular weight is 222 g/mol. The first-order valence-electron chi connectivity index (χ1n) is 5.73. The molecule has 0 unspecified atom stereocenters. The molecule has 1 aliphatic carbocycles. The normalized spacial score (nSPS) is 24.9. The Labute approximate surface area is 92.1 Å². The molecule has 1 aromatic rings. The first-order chi connectivity index (χ1) is 7.75. The average Bonchev–Trinajstić information content (AvgIpc) is 2.92. The maximum absolute atomic E-state index is 11.8. The fraction of sp³-hybridized carbons (Fsp3) is 0.636. The van der Waals surface area contributed by atoms with Gasteiger partial charge in [0.1, 0.15) is 0 Å². The minimum atomic E-state index is -0.291. The summed E-state index contributed by atoms with van der Waals surface area (Å²) in [5, 5.41) is 0. The number of ether oxygens (including phenoxy) is 1. The predicted molar refractivity (Wildman–Crippen MR) is 57.5 cm³/mol. The molecular weight excluding hydrogens is 208 g/mol. The van der Waals surface area contributed by atoms with Crippen LogP contribution in [-0.4, -0.2) is 16.2 Å². The molecule has 0 bridgehead atoms. The maximum atomic E-state index is 11.8. The smallest absolute Gasteiger partial charge is 0.328 e. The van der Waals surface area contributed by atoms with Crippen LogP contribution in [0.4, 0.5) is 0 Å². The van der Waals surface area contributed by atoms with Crippen molar-refractivity contribution in [1.29, 1.82) is 0 Å². The zero-order valence-corrected chi connectivity index (χ0v) is 8.94. The number of aromatic amines is 1. The summed E-state index contributed by atoms with van der Waals surface area (Å²) in [5.41, 5.74) is 0.140. The van der Waals surface area contributed by atoms with E-state index in [2.05, 4.69) is 4.98 Å². The summed E-state index contributed by atoms with van der Waals surface area (Å²) in [6.45, 7) is 0.707. The second-order valence-corrected chi connectivity index (χ2v) is 4.47. The lowest BCUT2D eigenvalue weighted by Crippen LogP contribution is -2.35. The van der Waals surface area contributed by atoms with E-state index < -0.39 is 0 Å². The van der Waals surface area contributed by atoms with E-state index in [9.17, 15) is 9.59 Å². The van der Waals surface area contributed by atoms with Gasteiger partial charge in [-0.05, 0) is 25.7 Å². The quantitative estimate of drug-likeness (QED) is 0.802. The monoisotopic (exact) mass is 222 g/mol. The number of hydrogen-bond donors (Lipinski definition) is 1. The van der Waals surface area contributed by atoms with E-state index in [1.165, 1.54) is 10.6 Å². The first kappa shape index (κ1) is 9.84. The van der Waals surface area contributed by atoms with Crippen LogP contribution in [0.5, 0.6) is 0 Å². The highest BCUT2D eigenvalue weighted by molar-refractivity contribution is 5.06. The zero-order chi connectivity index (χ0) is 11.1. The highest BCUT2D eigenvalue weighted by atomic mass is 16.5. The van der Waals surface area contributed by atoms with E-state index in [1.807, 2.05) is 0 Å². The molecular formula is C11H14N2O3. The highest BCUT2D eigenvalue weighted by Gasteiger charge is 2.28. The van der Waals surface area contributed by atoms with Gasteiger partial charge in [-0.25, -0.2) is 4.79 Å². The SMILES string of the molecule is O=c1cc([C@H]2CCCO2)[nH]c(=O)n1C1CC1. The second-order valence-electron chi connectivity index (χ2n) is 4.47. The molecule has 1 saturated heterocycles. The highest BCUT2D eigenvalue weighted by Crippen LogP contribution is 2.32. The molecule has 0 spiro atoms. The first-order valence-corrected chi connectivity index (χ1v) is 5.73. The van der Waals surface area contributed by atoms with E-state index in [-0.39, 0.29) is 23.4 Å². The minimum Gasteiger partial charge on any atom is -0.372 e. The van der Waals surface area contributed by atoms with E-state index in [4.69, 9.17) is 4.74 Å². The number of aromatic nitrogens is 2. The van der Waals surface area contributed by atoms with Crippen LogP contribution in [0.2, 0.25) is 0 Å². The van der Waals surface area contributed by atoms with Crippen LogP contribution in [0, 0.1) is 0 Å². The van der Waals surface area contributed by atoms with Gasteiger partial charge in [0.2, 0.25) is 0 Å². The summed E-state index contributed by atoms with van der Waals surface area (Å²) < 4.78 is 6.76. The Hall–Kier alpha value is -1.36. The van der Waals surface area contributed by atoms with Crippen molar-refractivity contribution in [3.63, 3.8) is 0 Å². The second kappa shape index (κ2) is 3.59. The van der Waals surface area contributed by atoms with Crippen molar-refractivity contribution in [3.8, 4) is 0 Å². The molecule has 2 heterocycles. The molecule has 1 N–H and O–H groups in total. The fourth-order valence-electron chi connectivity index (χ4n) is 2.20. The van der Waals surface area contributed by atoms with Crippen LogP contribution in [0.1, 0.15) is 43.5 Å². The van der Waals surface area contributed by atoms with Gasteiger partial charge in [0, 0.05) is 18.7 Å². The van der Waals surface area contributed by atoms with Gasteiger partial charge < -0.3 is 9.72 Å². The fourth-order valence-corrected chi connectivity index (χ4v) is 2.20. The summed E-state index contributed by atoms with van der Waals surface area (Å²) in [4.78, 5) is 26.3. The molecule has 0 amide bonds. The van der Waals surface area contributed by atoms with Crippen molar-refractivity contribution in [1.82, 2.24) is 9.55 Å². The number of nitrogens with one attached hydrogen (secondary N) is 1. The standard InChI is InChI=1S/C11H14N2O3/c14-10-6-8(9-2-1-5-16-9)12-11(15)13(10)7-3-4-7/h6-7,9H,1-5H2,(H,12,15)/t9-/m1/s1. The predicted octanol–water partition coefficient (Wildman–Crippen LogP) is 0.723. The van der Waals surface area contributed by atoms with Crippen molar-refractivity contribution in [2.45, 2.75) is 37.8 Å². The molecule has 5 nitrogen and oxygen atoms in total. The van der Waals surface area contributed by atoms with Crippen LogP contribution in [0.25, 0.3) is 0 Å². The molecule has 1 atom stereocenters. The van der Waals surface area contributed by atoms with E-state index in [1.54, 1.807) is 0 Å². The molecule has 16 heavy (non-hydrogen) atoms. The van der Waals surface area contributed by atoms with Gasteiger partial charge in [-0.2, -0.15) is 0 Å². The van der Waals surface area contributed by atoms with Gasteiger partial charge in [0.25, 0.3) is 5.56 Å². The van der Waals surface area contributed by atoms with E-state index in [0.717, 1.165) is 25.7 Å². The van der Waals surface area contributed by atoms with Crippen molar-refractivity contribution < 1.29 is 4.74 Å². The topological polar surface area (TPSA) is 64.1 Å². The van der Waals surface area contributed by atoms with Crippen molar-refractivity contribution >= 4 is 0 Å². The molecule has 1 saturated carbocycles. The van der Waals surface area contributed by atoms with Crippen LogP contribution in [0.15, 0.2) is 15.7 Å². The zero-order valence-electron chi connectivity index (χ0n) is 8.94. The minimum absolute atomic E-state index is 0.103. The van der Waals surface area contributed by atoms with Crippen molar-refractivity contribution in [2.24, 2.45) is 0 Å². The lowest BCUT2D eigenvalue weighted by Gasteiger charge is -2.10. The van der Waals surface area contributed by atoms with E-state index >= 15 is 0 Å². The van der Waals surface area contributed by atoms with Gasteiger partial charge in [-0.1, -0.05) is 0 Å². The summed E-state index contributed by atoms with van der Waals surface area (Å²) in [5.74, 6) is 0. The Kier molecular flexibility index (Phi) is 2.21. The molecule has 5 heteroatoms. The van der Waals surface area contributed by atoms with Crippen molar-refractivity contribution in [2.75, 3.05) is 6.61 Å². The summed E-state index contributed by atoms with van der Waals surface area (Å²) in [7, 11) is 0. The Balaban J connectivity index is 2.02. The van der Waals surface area contributed by atoms with Crippen LogP contribution in [-0.2, 0) is 4.74 Å². The van der Waals surface area contributed by atoms with E-state index in [0.29, 0.717) is 12.3 Å². The molecule has 86 valence electrons. The Morgan fingerprint density at radius 2 is 2.12 bits per heavy atom. The number of rotatable bonds is 2. The van der Waals surface area contributed by atoms with Crippen LogP contribution >= 0.6 is 0 Å². The lowest BCUT2D eigenvalue weighted by molar-refractivity contribution is 0.108. The number of nitrogens with zero attached hydrogens (tertiary/aromatic N) is 1. The van der Waals surface area contributed by atoms with Gasteiger partial charge >= 0.3 is 5.69 Å². The van der Waals surface area contributed by atoms with Gasteiger partial charge in [-0.3, -0.25) is 9.36 Å².